The fraction of sp³-hybridized carbons (Fsp3) is 0.389. The van der Waals surface area contributed by atoms with Crippen molar-refractivity contribution >= 4 is 33.7 Å². The standard InChI is InChI=1S/C16H21N5O.C2HF3O2/c1-10(2)8-21-13(9-20(3)22)19-14-15(21)11-6-4-5-7-12(11)18-16(14)17;3-2(4,5)1(6)7/h4-7,10,22H,8-9H2,1-3H3,(H2,17,18);(H,6,7). The van der Waals surface area contributed by atoms with Gasteiger partial charge in [0.25, 0.3) is 0 Å². The quantitative estimate of drug-likeness (QED) is 0.562. The number of carboxylic acid groups (broad SMARTS) is 1. The molecule has 2 heterocycles. The number of aromatic nitrogens is 3. The molecule has 158 valence electrons. The fourth-order valence-corrected chi connectivity index (χ4v) is 2.79. The zero-order valence-electron chi connectivity index (χ0n) is 16.1. The van der Waals surface area contributed by atoms with Crippen LogP contribution in [0.4, 0.5) is 19.0 Å². The van der Waals surface area contributed by atoms with Gasteiger partial charge in [-0.15, -0.1) is 0 Å². The lowest BCUT2D eigenvalue weighted by molar-refractivity contribution is -0.192. The van der Waals surface area contributed by atoms with E-state index in [2.05, 4.69) is 28.4 Å². The third-order valence-electron chi connectivity index (χ3n) is 3.85. The third-order valence-corrected chi connectivity index (χ3v) is 3.85. The minimum absolute atomic E-state index is 0.342. The Hall–Kier alpha value is -2.92. The molecule has 1 aromatic carbocycles. The second kappa shape index (κ2) is 8.62. The zero-order chi connectivity index (χ0) is 21.9. The first-order valence-corrected chi connectivity index (χ1v) is 8.65. The Morgan fingerprint density at radius 3 is 2.38 bits per heavy atom. The van der Waals surface area contributed by atoms with Gasteiger partial charge in [-0.2, -0.15) is 18.2 Å². The maximum Gasteiger partial charge on any atom is 0.490 e. The Morgan fingerprint density at radius 1 is 1.28 bits per heavy atom. The Kier molecular flexibility index (Phi) is 6.65. The Labute approximate surface area is 164 Å². The van der Waals surface area contributed by atoms with Gasteiger partial charge in [-0.05, 0) is 12.0 Å². The smallest absolute Gasteiger partial charge is 0.475 e. The number of carboxylic acids is 1. The van der Waals surface area contributed by atoms with E-state index in [1.54, 1.807) is 7.05 Å². The molecule has 0 fully saturated rings. The van der Waals surface area contributed by atoms with Crippen molar-refractivity contribution in [2.24, 2.45) is 5.92 Å². The minimum Gasteiger partial charge on any atom is -0.475 e. The van der Waals surface area contributed by atoms with E-state index in [1.807, 2.05) is 24.3 Å². The number of para-hydroxylation sites is 1. The summed E-state index contributed by atoms with van der Waals surface area (Å²) in [4.78, 5) is 18.0. The monoisotopic (exact) mass is 413 g/mol. The van der Waals surface area contributed by atoms with Gasteiger partial charge < -0.3 is 20.6 Å². The second-order valence-electron chi connectivity index (χ2n) is 6.86. The number of rotatable bonds is 4. The average Bonchev–Trinajstić information content (AvgIpc) is 2.92. The molecule has 0 atom stereocenters. The van der Waals surface area contributed by atoms with Gasteiger partial charge >= 0.3 is 12.1 Å². The van der Waals surface area contributed by atoms with Crippen molar-refractivity contribution in [3.05, 3.63) is 30.1 Å². The highest BCUT2D eigenvalue weighted by atomic mass is 19.4. The summed E-state index contributed by atoms with van der Waals surface area (Å²) in [6.07, 6.45) is -5.08. The number of nitrogen functional groups attached to an aromatic ring is 1. The van der Waals surface area contributed by atoms with Crippen LogP contribution in [0, 0.1) is 5.92 Å². The van der Waals surface area contributed by atoms with Gasteiger partial charge in [0, 0.05) is 19.0 Å². The van der Waals surface area contributed by atoms with E-state index >= 15 is 0 Å². The van der Waals surface area contributed by atoms with Crippen LogP contribution < -0.4 is 5.73 Å². The summed E-state index contributed by atoms with van der Waals surface area (Å²) in [6.45, 7) is 5.47. The number of aliphatic carboxylic acids is 1. The molecule has 0 amide bonds. The maximum atomic E-state index is 10.6. The number of benzene rings is 1. The number of halogens is 3. The molecular formula is C18H22F3N5O3. The van der Waals surface area contributed by atoms with Crippen LogP contribution >= 0.6 is 0 Å². The highest BCUT2D eigenvalue weighted by Gasteiger charge is 2.38. The van der Waals surface area contributed by atoms with Crippen molar-refractivity contribution in [3.8, 4) is 0 Å². The number of alkyl halides is 3. The summed E-state index contributed by atoms with van der Waals surface area (Å²) < 4.78 is 33.9. The van der Waals surface area contributed by atoms with E-state index in [0.717, 1.165) is 33.9 Å². The Bertz CT molecular complexity index is 1020. The van der Waals surface area contributed by atoms with Crippen molar-refractivity contribution in [1.29, 1.82) is 0 Å². The van der Waals surface area contributed by atoms with Gasteiger partial charge in [0.15, 0.2) is 5.82 Å². The summed E-state index contributed by atoms with van der Waals surface area (Å²) >= 11 is 0. The summed E-state index contributed by atoms with van der Waals surface area (Å²) in [6, 6.07) is 7.93. The number of nitrogens with zero attached hydrogens (tertiary/aromatic N) is 4. The molecule has 2 aromatic heterocycles. The molecule has 8 nitrogen and oxygen atoms in total. The number of fused-ring (bicyclic) bond motifs is 3. The molecule has 0 aliphatic heterocycles. The second-order valence-corrected chi connectivity index (χ2v) is 6.86. The number of imidazole rings is 1. The van der Waals surface area contributed by atoms with Crippen LogP contribution in [-0.2, 0) is 17.9 Å². The van der Waals surface area contributed by atoms with E-state index in [1.165, 1.54) is 0 Å². The van der Waals surface area contributed by atoms with E-state index in [4.69, 9.17) is 15.6 Å². The number of nitrogens with two attached hydrogens (primary N) is 1. The molecule has 0 aliphatic carbocycles. The van der Waals surface area contributed by atoms with Crippen LogP contribution in [0.1, 0.15) is 19.7 Å². The lowest BCUT2D eigenvalue weighted by Crippen LogP contribution is -2.21. The van der Waals surface area contributed by atoms with E-state index in [0.29, 0.717) is 23.8 Å². The lowest BCUT2D eigenvalue weighted by Gasteiger charge is -2.14. The first-order chi connectivity index (χ1) is 13.4. The summed E-state index contributed by atoms with van der Waals surface area (Å²) in [5.74, 6) is -1.09. The predicted molar refractivity (Wildman–Crippen MR) is 101 cm³/mol. The van der Waals surface area contributed by atoms with Gasteiger partial charge in [-0.25, -0.2) is 14.8 Å². The molecule has 29 heavy (non-hydrogen) atoms. The SMILES string of the molecule is CC(C)Cn1c(CN(C)O)nc2c(N)nc3ccccc3c21.O=C(O)C(F)(F)F. The molecule has 4 N–H and O–H groups in total. The van der Waals surface area contributed by atoms with Crippen molar-refractivity contribution in [1.82, 2.24) is 19.6 Å². The Morgan fingerprint density at radius 2 is 1.86 bits per heavy atom. The molecule has 0 bridgehead atoms. The number of pyridine rings is 1. The van der Waals surface area contributed by atoms with Crippen molar-refractivity contribution in [2.75, 3.05) is 12.8 Å². The number of carbonyl (C=O) groups is 1. The van der Waals surface area contributed by atoms with Gasteiger partial charge in [-0.3, -0.25) is 0 Å². The van der Waals surface area contributed by atoms with Gasteiger partial charge in [0.05, 0.1) is 17.6 Å². The van der Waals surface area contributed by atoms with Crippen molar-refractivity contribution in [3.63, 3.8) is 0 Å². The molecule has 0 radical (unpaired) electrons. The van der Waals surface area contributed by atoms with E-state index < -0.39 is 12.1 Å². The third kappa shape index (κ3) is 5.33. The van der Waals surface area contributed by atoms with Crippen LogP contribution in [0.5, 0.6) is 0 Å². The average molecular weight is 413 g/mol. The summed E-state index contributed by atoms with van der Waals surface area (Å²) in [5, 5.41) is 18.9. The first kappa shape index (κ1) is 22.4. The van der Waals surface area contributed by atoms with E-state index in [-0.39, 0.29) is 0 Å². The van der Waals surface area contributed by atoms with Crippen molar-refractivity contribution in [2.45, 2.75) is 33.1 Å². The molecule has 0 aliphatic rings. The normalized spacial score (nSPS) is 11.9. The maximum absolute atomic E-state index is 10.6. The predicted octanol–water partition coefficient (Wildman–Crippen LogP) is 3.28. The zero-order valence-corrected chi connectivity index (χ0v) is 16.1. The van der Waals surface area contributed by atoms with Gasteiger partial charge in [0.2, 0.25) is 0 Å². The molecule has 11 heteroatoms. The van der Waals surface area contributed by atoms with Gasteiger partial charge in [-0.1, -0.05) is 32.0 Å². The molecule has 3 aromatic rings. The molecule has 0 saturated carbocycles. The number of hydroxylamine groups is 2. The minimum atomic E-state index is -5.08. The molecule has 0 spiro atoms. The molecule has 3 rings (SSSR count). The van der Waals surface area contributed by atoms with Crippen LogP contribution in [0.2, 0.25) is 0 Å². The molecular weight excluding hydrogens is 391 g/mol. The summed E-state index contributed by atoms with van der Waals surface area (Å²) in [5.41, 5.74) is 8.66. The van der Waals surface area contributed by atoms with Crippen molar-refractivity contribution < 1.29 is 28.3 Å². The largest absolute Gasteiger partial charge is 0.490 e. The number of anilines is 1. The molecule has 0 saturated heterocycles. The molecule has 0 unspecified atom stereocenters. The fourth-order valence-electron chi connectivity index (χ4n) is 2.79. The van der Waals surface area contributed by atoms with Crippen LogP contribution in [0.15, 0.2) is 24.3 Å². The van der Waals surface area contributed by atoms with Gasteiger partial charge in [0.1, 0.15) is 11.3 Å². The highest BCUT2D eigenvalue weighted by molar-refractivity contribution is 6.06. The Balaban J connectivity index is 0.000000370. The van der Waals surface area contributed by atoms with Crippen LogP contribution in [0.25, 0.3) is 21.9 Å². The topological polar surface area (TPSA) is 118 Å². The summed E-state index contributed by atoms with van der Waals surface area (Å²) in [7, 11) is 1.61. The van der Waals surface area contributed by atoms with Crippen LogP contribution in [-0.4, -0.2) is 49.1 Å². The lowest BCUT2D eigenvalue weighted by atomic mass is 10.1. The first-order valence-electron chi connectivity index (χ1n) is 8.65. The van der Waals surface area contributed by atoms with Crippen LogP contribution in [0.3, 0.4) is 0 Å². The highest BCUT2D eigenvalue weighted by Crippen LogP contribution is 2.29. The number of hydrogen-bond acceptors (Lipinski definition) is 6. The number of hydrogen-bond donors (Lipinski definition) is 3. The van der Waals surface area contributed by atoms with E-state index in [9.17, 15) is 18.4 Å².